The number of carbonyl (C=O) groups is 1. The van der Waals surface area contributed by atoms with E-state index in [2.05, 4.69) is 20.8 Å². The highest BCUT2D eigenvalue weighted by Crippen LogP contribution is 2.20. The topological polar surface area (TPSA) is 66.9 Å². The molecular weight excluding hydrogens is 228 g/mol. The van der Waals surface area contributed by atoms with E-state index in [0.29, 0.717) is 18.3 Å². The minimum Gasteiger partial charge on any atom is -0.366 e. The number of carbonyl (C=O) groups excluding carboxylic acids is 1. The summed E-state index contributed by atoms with van der Waals surface area (Å²) >= 11 is 0. The van der Waals surface area contributed by atoms with Crippen molar-refractivity contribution in [3.8, 4) is 0 Å². The zero-order chi connectivity index (χ0) is 12.8. The molecule has 2 N–H and O–H groups in total. The first kappa shape index (κ1) is 12.8. The first-order chi connectivity index (χ1) is 8.79. The highest BCUT2D eigenvalue weighted by atomic mass is 16.1. The largest absolute Gasteiger partial charge is 0.366 e. The van der Waals surface area contributed by atoms with Gasteiger partial charge < -0.3 is 10.6 Å². The van der Waals surface area contributed by atoms with Crippen LogP contribution in [0, 0.1) is 0 Å². The summed E-state index contributed by atoms with van der Waals surface area (Å²) in [5.41, 5.74) is 0.367. The number of aromatic nitrogens is 2. The highest BCUT2D eigenvalue weighted by Gasteiger charge is 2.14. The van der Waals surface area contributed by atoms with Crippen molar-refractivity contribution in [3.63, 3.8) is 0 Å². The van der Waals surface area contributed by atoms with Gasteiger partial charge in [-0.1, -0.05) is 19.3 Å². The second-order valence-electron chi connectivity index (χ2n) is 4.64. The van der Waals surface area contributed by atoms with E-state index in [1.165, 1.54) is 32.1 Å². The SMILES string of the molecule is CCNC(=O)c1ccc(NC2CCCCC2)nn1. The average Bonchev–Trinajstić information content (AvgIpc) is 2.41. The molecular formula is C13H20N4O. The van der Waals surface area contributed by atoms with Crippen LogP contribution in [0.5, 0.6) is 0 Å². The van der Waals surface area contributed by atoms with Gasteiger partial charge in [0.05, 0.1) is 0 Å². The Labute approximate surface area is 107 Å². The van der Waals surface area contributed by atoms with Crippen molar-refractivity contribution in [2.24, 2.45) is 0 Å². The minimum atomic E-state index is -0.172. The Bertz CT molecular complexity index is 384. The molecule has 1 aromatic rings. The zero-order valence-electron chi connectivity index (χ0n) is 10.8. The summed E-state index contributed by atoms with van der Waals surface area (Å²) in [6.45, 7) is 2.48. The summed E-state index contributed by atoms with van der Waals surface area (Å²) in [7, 11) is 0. The molecule has 0 atom stereocenters. The fraction of sp³-hybridized carbons (Fsp3) is 0.615. The van der Waals surface area contributed by atoms with Gasteiger partial charge in [0.25, 0.3) is 5.91 Å². The third-order valence-electron chi connectivity index (χ3n) is 3.19. The molecule has 18 heavy (non-hydrogen) atoms. The molecule has 0 aliphatic heterocycles. The second kappa shape index (κ2) is 6.33. The van der Waals surface area contributed by atoms with Crippen molar-refractivity contribution in [2.45, 2.75) is 45.1 Å². The van der Waals surface area contributed by atoms with Gasteiger partial charge in [-0.15, -0.1) is 10.2 Å². The van der Waals surface area contributed by atoms with Crippen LogP contribution in [-0.4, -0.2) is 28.7 Å². The predicted molar refractivity (Wildman–Crippen MR) is 70.5 cm³/mol. The summed E-state index contributed by atoms with van der Waals surface area (Å²) in [5.74, 6) is 0.587. The van der Waals surface area contributed by atoms with Gasteiger partial charge in [0.1, 0.15) is 5.82 Å². The monoisotopic (exact) mass is 248 g/mol. The van der Waals surface area contributed by atoms with Crippen LogP contribution >= 0.6 is 0 Å². The van der Waals surface area contributed by atoms with Gasteiger partial charge in [-0.3, -0.25) is 4.79 Å². The molecule has 1 aromatic heterocycles. The maximum Gasteiger partial charge on any atom is 0.271 e. The normalized spacial score (nSPS) is 16.3. The quantitative estimate of drug-likeness (QED) is 0.855. The van der Waals surface area contributed by atoms with Gasteiger partial charge in [-0.05, 0) is 31.9 Å². The number of amides is 1. The molecule has 0 radical (unpaired) electrons. The van der Waals surface area contributed by atoms with Crippen molar-refractivity contribution in [1.82, 2.24) is 15.5 Å². The molecule has 5 nitrogen and oxygen atoms in total. The van der Waals surface area contributed by atoms with Crippen molar-refractivity contribution in [3.05, 3.63) is 17.8 Å². The average molecular weight is 248 g/mol. The number of hydrogen-bond acceptors (Lipinski definition) is 4. The summed E-state index contributed by atoms with van der Waals surface area (Å²) < 4.78 is 0. The van der Waals surface area contributed by atoms with Gasteiger partial charge >= 0.3 is 0 Å². The molecule has 1 heterocycles. The molecule has 1 saturated carbocycles. The van der Waals surface area contributed by atoms with Crippen LogP contribution in [0.3, 0.4) is 0 Å². The summed E-state index contributed by atoms with van der Waals surface area (Å²) in [4.78, 5) is 11.5. The van der Waals surface area contributed by atoms with Crippen LogP contribution in [0.15, 0.2) is 12.1 Å². The first-order valence-corrected chi connectivity index (χ1v) is 6.68. The smallest absolute Gasteiger partial charge is 0.271 e. The summed E-state index contributed by atoms with van der Waals surface area (Å²) in [5, 5.41) is 14.1. The standard InChI is InChI=1S/C13H20N4O/c1-2-14-13(18)11-8-9-12(17-16-11)15-10-6-4-3-5-7-10/h8-10H,2-7H2,1H3,(H,14,18)(H,15,17). The van der Waals surface area contributed by atoms with Crippen molar-refractivity contribution >= 4 is 11.7 Å². The molecule has 0 unspecified atom stereocenters. The van der Waals surface area contributed by atoms with Gasteiger partial charge in [0.15, 0.2) is 5.69 Å². The molecule has 98 valence electrons. The van der Waals surface area contributed by atoms with E-state index in [-0.39, 0.29) is 5.91 Å². The van der Waals surface area contributed by atoms with Crippen molar-refractivity contribution < 1.29 is 4.79 Å². The maximum absolute atomic E-state index is 11.5. The minimum absolute atomic E-state index is 0.172. The Hall–Kier alpha value is -1.65. The lowest BCUT2D eigenvalue weighted by Gasteiger charge is -2.22. The molecule has 2 rings (SSSR count). The molecule has 1 aliphatic carbocycles. The first-order valence-electron chi connectivity index (χ1n) is 6.68. The van der Waals surface area contributed by atoms with E-state index in [1.54, 1.807) is 6.07 Å². The van der Waals surface area contributed by atoms with E-state index >= 15 is 0 Å². The van der Waals surface area contributed by atoms with Crippen LogP contribution in [0.4, 0.5) is 5.82 Å². The number of nitrogens with zero attached hydrogens (tertiary/aromatic N) is 2. The van der Waals surface area contributed by atoms with E-state index in [0.717, 1.165) is 5.82 Å². The molecule has 1 amide bonds. The molecule has 1 aliphatic rings. The Balaban J connectivity index is 1.92. The Morgan fingerprint density at radius 2 is 2.06 bits per heavy atom. The molecule has 0 bridgehead atoms. The molecule has 5 heteroatoms. The van der Waals surface area contributed by atoms with Gasteiger partial charge in [-0.2, -0.15) is 0 Å². The fourth-order valence-electron chi connectivity index (χ4n) is 2.24. The Morgan fingerprint density at radius 3 is 2.67 bits per heavy atom. The molecule has 1 fully saturated rings. The van der Waals surface area contributed by atoms with Crippen LogP contribution in [0.2, 0.25) is 0 Å². The summed E-state index contributed by atoms with van der Waals surface area (Å²) in [6.07, 6.45) is 6.28. The predicted octanol–water partition coefficient (Wildman–Crippen LogP) is 1.97. The number of anilines is 1. The number of nitrogens with one attached hydrogen (secondary N) is 2. The number of rotatable bonds is 4. The van der Waals surface area contributed by atoms with Crippen LogP contribution in [0.25, 0.3) is 0 Å². The molecule has 0 spiro atoms. The van der Waals surface area contributed by atoms with Crippen LogP contribution in [-0.2, 0) is 0 Å². The van der Waals surface area contributed by atoms with E-state index in [4.69, 9.17) is 0 Å². The zero-order valence-corrected chi connectivity index (χ0v) is 10.8. The molecule has 0 saturated heterocycles. The van der Waals surface area contributed by atoms with Crippen LogP contribution in [0.1, 0.15) is 49.5 Å². The summed E-state index contributed by atoms with van der Waals surface area (Å²) in [6, 6.07) is 4.04. The third kappa shape index (κ3) is 3.42. The lowest BCUT2D eigenvalue weighted by atomic mass is 9.95. The third-order valence-corrected chi connectivity index (χ3v) is 3.19. The van der Waals surface area contributed by atoms with Gasteiger partial charge in [0, 0.05) is 12.6 Å². The van der Waals surface area contributed by atoms with E-state index < -0.39 is 0 Å². The maximum atomic E-state index is 11.5. The Morgan fingerprint density at radius 1 is 1.28 bits per heavy atom. The number of hydrogen-bond donors (Lipinski definition) is 2. The highest BCUT2D eigenvalue weighted by molar-refractivity contribution is 5.92. The second-order valence-corrected chi connectivity index (χ2v) is 4.64. The van der Waals surface area contributed by atoms with E-state index in [1.807, 2.05) is 13.0 Å². The molecule has 0 aromatic carbocycles. The lowest BCUT2D eigenvalue weighted by Crippen LogP contribution is -2.25. The van der Waals surface area contributed by atoms with Crippen LogP contribution < -0.4 is 10.6 Å². The lowest BCUT2D eigenvalue weighted by molar-refractivity contribution is 0.0950. The van der Waals surface area contributed by atoms with Gasteiger partial charge in [0.2, 0.25) is 0 Å². The Kier molecular flexibility index (Phi) is 4.50. The van der Waals surface area contributed by atoms with Crippen molar-refractivity contribution in [2.75, 3.05) is 11.9 Å². The van der Waals surface area contributed by atoms with Gasteiger partial charge in [-0.25, -0.2) is 0 Å². The van der Waals surface area contributed by atoms with E-state index in [9.17, 15) is 4.79 Å². The fourth-order valence-corrected chi connectivity index (χ4v) is 2.24. The van der Waals surface area contributed by atoms with Crippen molar-refractivity contribution in [1.29, 1.82) is 0 Å².